The van der Waals surface area contributed by atoms with Crippen LogP contribution in [0.15, 0.2) is 48.5 Å². The van der Waals surface area contributed by atoms with Crippen LogP contribution in [0.2, 0.25) is 0 Å². The maximum atomic E-state index is 11.9. The molecular formula is C18H21NO3. The summed E-state index contributed by atoms with van der Waals surface area (Å²) in [6.45, 7) is 2.54. The number of aromatic hydroxyl groups is 2. The van der Waals surface area contributed by atoms with Crippen LogP contribution in [0.1, 0.15) is 30.4 Å². The minimum Gasteiger partial charge on any atom is -0.504 e. The van der Waals surface area contributed by atoms with Gasteiger partial charge in [0.1, 0.15) is 0 Å². The number of hydrogen-bond acceptors (Lipinski definition) is 3. The molecule has 4 heteroatoms. The molecule has 2 aromatic rings. The van der Waals surface area contributed by atoms with Crippen LogP contribution in [-0.2, 0) is 11.2 Å². The number of carbonyl (C=O) groups excluding carboxylic acids is 1. The van der Waals surface area contributed by atoms with Gasteiger partial charge in [0.15, 0.2) is 11.5 Å². The summed E-state index contributed by atoms with van der Waals surface area (Å²) in [5, 5.41) is 21.5. The van der Waals surface area contributed by atoms with Gasteiger partial charge in [0.2, 0.25) is 5.91 Å². The molecule has 0 aliphatic rings. The van der Waals surface area contributed by atoms with Crippen molar-refractivity contribution in [3.63, 3.8) is 0 Å². The molecule has 4 nitrogen and oxygen atoms in total. The van der Waals surface area contributed by atoms with Crippen molar-refractivity contribution in [1.29, 1.82) is 0 Å². The van der Waals surface area contributed by atoms with E-state index >= 15 is 0 Å². The van der Waals surface area contributed by atoms with Crippen molar-refractivity contribution in [3.8, 4) is 11.5 Å². The van der Waals surface area contributed by atoms with Crippen LogP contribution >= 0.6 is 0 Å². The second-order valence-corrected chi connectivity index (χ2v) is 5.44. The molecule has 0 fully saturated rings. The summed E-state index contributed by atoms with van der Waals surface area (Å²) in [6, 6.07) is 14.6. The van der Waals surface area contributed by atoms with Crippen LogP contribution in [0, 0.1) is 0 Å². The van der Waals surface area contributed by atoms with Crippen LogP contribution in [0.3, 0.4) is 0 Å². The average Bonchev–Trinajstić information content (AvgIpc) is 2.51. The lowest BCUT2D eigenvalue weighted by Crippen LogP contribution is -2.26. The van der Waals surface area contributed by atoms with E-state index in [0.29, 0.717) is 19.4 Å². The molecule has 0 aliphatic carbocycles. The Balaban J connectivity index is 1.77. The standard InChI is InChI=1S/C18H21NO3/c1-13(15-5-3-2-4-6-15)11-18(22)19-10-9-14-7-8-16(20)17(21)12-14/h2-8,12-13,20-21H,9-11H2,1H3,(H,19,22). The predicted molar refractivity (Wildman–Crippen MR) is 86.0 cm³/mol. The summed E-state index contributed by atoms with van der Waals surface area (Å²) in [4.78, 5) is 11.9. The zero-order valence-electron chi connectivity index (χ0n) is 12.6. The van der Waals surface area contributed by atoms with Gasteiger partial charge >= 0.3 is 0 Å². The van der Waals surface area contributed by atoms with Crippen molar-refractivity contribution >= 4 is 5.91 Å². The molecule has 0 aliphatic heterocycles. The highest BCUT2D eigenvalue weighted by atomic mass is 16.3. The first-order valence-corrected chi connectivity index (χ1v) is 7.38. The number of carbonyl (C=O) groups is 1. The molecule has 2 aromatic carbocycles. The minimum atomic E-state index is -0.137. The Morgan fingerprint density at radius 1 is 1.09 bits per heavy atom. The van der Waals surface area contributed by atoms with Gasteiger partial charge in [-0.05, 0) is 35.6 Å². The molecule has 0 saturated heterocycles. The maximum Gasteiger partial charge on any atom is 0.220 e. The van der Waals surface area contributed by atoms with Crippen LogP contribution in [0.4, 0.5) is 0 Å². The highest BCUT2D eigenvalue weighted by Crippen LogP contribution is 2.24. The van der Waals surface area contributed by atoms with Gasteiger partial charge in [-0.2, -0.15) is 0 Å². The first-order chi connectivity index (χ1) is 10.6. The van der Waals surface area contributed by atoms with Gasteiger partial charge in [-0.3, -0.25) is 4.79 Å². The van der Waals surface area contributed by atoms with Crippen LogP contribution < -0.4 is 5.32 Å². The van der Waals surface area contributed by atoms with Gasteiger partial charge in [-0.1, -0.05) is 43.3 Å². The van der Waals surface area contributed by atoms with Gasteiger partial charge in [0.25, 0.3) is 0 Å². The number of nitrogens with one attached hydrogen (secondary N) is 1. The van der Waals surface area contributed by atoms with Crippen molar-refractivity contribution in [2.24, 2.45) is 0 Å². The molecule has 0 spiro atoms. The summed E-state index contributed by atoms with van der Waals surface area (Å²) in [5.74, 6) is -0.0794. The van der Waals surface area contributed by atoms with Crippen molar-refractivity contribution in [2.45, 2.75) is 25.7 Å². The van der Waals surface area contributed by atoms with Gasteiger partial charge in [-0.15, -0.1) is 0 Å². The lowest BCUT2D eigenvalue weighted by Gasteiger charge is -2.12. The Hall–Kier alpha value is -2.49. The summed E-state index contributed by atoms with van der Waals surface area (Å²) in [7, 11) is 0. The molecule has 22 heavy (non-hydrogen) atoms. The van der Waals surface area contributed by atoms with Crippen LogP contribution in [0.25, 0.3) is 0 Å². The molecule has 1 amide bonds. The molecule has 1 atom stereocenters. The average molecular weight is 299 g/mol. The van der Waals surface area contributed by atoms with E-state index in [2.05, 4.69) is 5.32 Å². The smallest absolute Gasteiger partial charge is 0.220 e. The third kappa shape index (κ3) is 4.52. The first kappa shape index (κ1) is 15.9. The number of phenolic OH excluding ortho intramolecular Hbond substituents is 2. The highest BCUT2D eigenvalue weighted by Gasteiger charge is 2.10. The Morgan fingerprint density at radius 3 is 2.50 bits per heavy atom. The predicted octanol–water partition coefficient (Wildman–Crippen LogP) is 2.95. The molecule has 116 valence electrons. The van der Waals surface area contributed by atoms with Crippen molar-refractivity contribution in [2.75, 3.05) is 6.54 Å². The van der Waals surface area contributed by atoms with E-state index in [1.165, 1.54) is 12.1 Å². The Labute approximate surface area is 130 Å². The topological polar surface area (TPSA) is 69.6 Å². The molecular weight excluding hydrogens is 278 g/mol. The molecule has 0 heterocycles. The largest absolute Gasteiger partial charge is 0.504 e. The fraction of sp³-hybridized carbons (Fsp3) is 0.278. The zero-order valence-corrected chi connectivity index (χ0v) is 12.6. The van der Waals surface area contributed by atoms with E-state index < -0.39 is 0 Å². The molecule has 0 radical (unpaired) electrons. The van der Waals surface area contributed by atoms with E-state index in [1.54, 1.807) is 6.07 Å². The number of amides is 1. The van der Waals surface area contributed by atoms with Gasteiger partial charge in [0, 0.05) is 13.0 Å². The quantitative estimate of drug-likeness (QED) is 0.718. The summed E-state index contributed by atoms with van der Waals surface area (Å²) >= 11 is 0. The van der Waals surface area contributed by atoms with E-state index in [1.807, 2.05) is 37.3 Å². The number of benzene rings is 2. The first-order valence-electron chi connectivity index (χ1n) is 7.38. The lowest BCUT2D eigenvalue weighted by molar-refractivity contribution is -0.121. The van der Waals surface area contributed by atoms with E-state index in [0.717, 1.165) is 11.1 Å². The van der Waals surface area contributed by atoms with Crippen LogP contribution in [-0.4, -0.2) is 22.7 Å². The molecule has 2 rings (SSSR count). The zero-order chi connectivity index (χ0) is 15.9. The fourth-order valence-corrected chi connectivity index (χ4v) is 2.32. The third-order valence-electron chi connectivity index (χ3n) is 3.64. The SMILES string of the molecule is CC(CC(=O)NCCc1ccc(O)c(O)c1)c1ccccc1. The summed E-state index contributed by atoms with van der Waals surface area (Å²) in [5.41, 5.74) is 2.02. The number of hydrogen-bond donors (Lipinski definition) is 3. The highest BCUT2D eigenvalue weighted by molar-refractivity contribution is 5.76. The van der Waals surface area contributed by atoms with Crippen molar-refractivity contribution in [3.05, 3.63) is 59.7 Å². The maximum absolute atomic E-state index is 11.9. The Kier molecular flexibility index (Phi) is 5.42. The molecule has 3 N–H and O–H groups in total. The molecule has 0 aromatic heterocycles. The fourth-order valence-electron chi connectivity index (χ4n) is 2.32. The van der Waals surface area contributed by atoms with E-state index in [-0.39, 0.29) is 23.3 Å². The molecule has 0 bridgehead atoms. The second kappa shape index (κ2) is 7.50. The van der Waals surface area contributed by atoms with Gasteiger partial charge in [0.05, 0.1) is 0 Å². The van der Waals surface area contributed by atoms with Gasteiger partial charge in [-0.25, -0.2) is 0 Å². The minimum absolute atomic E-state index is 0.0133. The second-order valence-electron chi connectivity index (χ2n) is 5.44. The van der Waals surface area contributed by atoms with E-state index in [9.17, 15) is 15.0 Å². The normalized spacial score (nSPS) is 11.9. The molecule has 1 unspecified atom stereocenters. The number of phenols is 2. The number of rotatable bonds is 6. The monoisotopic (exact) mass is 299 g/mol. The summed E-state index contributed by atoms with van der Waals surface area (Å²) in [6.07, 6.45) is 1.06. The van der Waals surface area contributed by atoms with Crippen molar-refractivity contribution < 1.29 is 15.0 Å². The summed E-state index contributed by atoms with van der Waals surface area (Å²) < 4.78 is 0. The lowest BCUT2D eigenvalue weighted by atomic mass is 9.97. The van der Waals surface area contributed by atoms with Gasteiger partial charge < -0.3 is 15.5 Å². The third-order valence-corrected chi connectivity index (χ3v) is 3.64. The molecule has 0 saturated carbocycles. The Morgan fingerprint density at radius 2 is 1.82 bits per heavy atom. The van der Waals surface area contributed by atoms with Crippen LogP contribution in [0.5, 0.6) is 11.5 Å². The van der Waals surface area contributed by atoms with Crippen molar-refractivity contribution in [1.82, 2.24) is 5.32 Å². The Bertz CT molecular complexity index is 625. The van der Waals surface area contributed by atoms with E-state index in [4.69, 9.17) is 0 Å².